The monoisotopic (exact) mass is 289 g/mol. The van der Waals surface area contributed by atoms with Crippen LogP contribution in [-0.2, 0) is 4.74 Å². The summed E-state index contributed by atoms with van der Waals surface area (Å²) in [6.07, 6.45) is 1.49. The van der Waals surface area contributed by atoms with E-state index in [-0.39, 0.29) is 12.0 Å². The highest BCUT2D eigenvalue weighted by Crippen LogP contribution is 2.16. The molecule has 3 heterocycles. The zero-order chi connectivity index (χ0) is 15.0. The normalized spacial score (nSPS) is 19.2. The van der Waals surface area contributed by atoms with Crippen molar-refractivity contribution in [1.82, 2.24) is 19.5 Å². The Hall–Kier alpha value is -1.99. The lowest BCUT2D eigenvalue weighted by Crippen LogP contribution is -2.48. The summed E-state index contributed by atoms with van der Waals surface area (Å²) in [5.41, 5.74) is 8.58. The maximum Gasteiger partial charge on any atom is 0.259 e. The van der Waals surface area contributed by atoms with Gasteiger partial charge in [-0.15, -0.1) is 0 Å². The van der Waals surface area contributed by atoms with Crippen molar-refractivity contribution in [2.24, 2.45) is 5.73 Å². The molecule has 21 heavy (non-hydrogen) atoms. The molecule has 1 atom stereocenters. The number of nitrogens with two attached hydrogens (primary N) is 1. The van der Waals surface area contributed by atoms with Crippen LogP contribution in [0.5, 0.6) is 0 Å². The standard InChI is InChI=1S/C14H19N5O2/c1-9-5-10(2)19-13(17-9)12(7-16-19)14(20)18-3-4-21-11(6-15)8-18/h5,7,11H,3-4,6,8,15H2,1-2H3. The van der Waals surface area contributed by atoms with E-state index in [9.17, 15) is 4.79 Å². The highest BCUT2D eigenvalue weighted by molar-refractivity contribution is 5.99. The molecule has 0 aliphatic carbocycles. The molecule has 0 spiro atoms. The van der Waals surface area contributed by atoms with Gasteiger partial charge in [0.05, 0.1) is 18.9 Å². The molecule has 1 saturated heterocycles. The van der Waals surface area contributed by atoms with Gasteiger partial charge in [-0.3, -0.25) is 4.79 Å². The number of ether oxygens (including phenoxy) is 1. The maximum absolute atomic E-state index is 12.7. The van der Waals surface area contributed by atoms with Crippen molar-refractivity contribution in [2.75, 3.05) is 26.2 Å². The van der Waals surface area contributed by atoms with Crippen LogP contribution in [0, 0.1) is 13.8 Å². The van der Waals surface area contributed by atoms with Crippen molar-refractivity contribution in [3.8, 4) is 0 Å². The molecule has 7 nitrogen and oxygen atoms in total. The molecule has 2 aromatic rings. The maximum atomic E-state index is 12.7. The third-order valence-corrected chi connectivity index (χ3v) is 3.70. The fourth-order valence-electron chi connectivity index (χ4n) is 2.64. The number of nitrogens with zero attached hydrogens (tertiary/aromatic N) is 4. The number of morpholine rings is 1. The first-order valence-corrected chi connectivity index (χ1v) is 7.03. The molecule has 2 aromatic heterocycles. The summed E-state index contributed by atoms with van der Waals surface area (Å²) in [6, 6.07) is 1.94. The summed E-state index contributed by atoms with van der Waals surface area (Å²) in [5.74, 6) is -0.0655. The lowest BCUT2D eigenvalue weighted by Gasteiger charge is -2.32. The van der Waals surface area contributed by atoms with E-state index in [2.05, 4.69) is 10.1 Å². The SMILES string of the molecule is Cc1cc(C)n2ncc(C(=O)N3CCOC(CN)C3)c2n1. The summed E-state index contributed by atoms with van der Waals surface area (Å²) < 4.78 is 7.19. The predicted molar refractivity (Wildman–Crippen MR) is 77.2 cm³/mol. The Kier molecular flexibility index (Phi) is 3.60. The lowest BCUT2D eigenvalue weighted by molar-refractivity contribution is -0.0166. The third kappa shape index (κ3) is 2.50. The van der Waals surface area contributed by atoms with E-state index in [4.69, 9.17) is 10.5 Å². The van der Waals surface area contributed by atoms with E-state index in [0.29, 0.717) is 37.5 Å². The Morgan fingerprint density at radius 1 is 1.52 bits per heavy atom. The molecular weight excluding hydrogens is 270 g/mol. The first kappa shape index (κ1) is 14.0. The van der Waals surface area contributed by atoms with Crippen LogP contribution in [0.3, 0.4) is 0 Å². The van der Waals surface area contributed by atoms with Crippen molar-refractivity contribution >= 4 is 11.6 Å². The third-order valence-electron chi connectivity index (χ3n) is 3.70. The van der Waals surface area contributed by atoms with E-state index in [0.717, 1.165) is 11.4 Å². The number of fused-ring (bicyclic) bond motifs is 1. The zero-order valence-corrected chi connectivity index (χ0v) is 12.2. The van der Waals surface area contributed by atoms with Crippen molar-refractivity contribution in [3.63, 3.8) is 0 Å². The largest absolute Gasteiger partial charge is 0.373 e. The van der Waals surface area contributed by atoms with Gasteiger partial charge in [-0.05, 0) is 19.9 Å². The average molecular weight is 289 g/mol. The number of aryl methyl sites for hydroxylation is 2. The molecule has 112 valence electrons. The summed E-state index contributed by atoms with van der Waals surface area (Å²) in [7, 11) is 0. The molecule has 0 radical (unpaired) electrons. The second kappa shape index (κ2) is 5.42. The average Bonchev–Trinajstić information content (AvgIpc) is 2.90. The van der Waals surface area contributed by atoms with Crippen LogP contribution in [0.2, 0.25) is 0 Å². The number of carbonyl (C=O) groups excluding carboxylic acids is 1. The second-order valence-corrected chi connectivity index (χ2v) is 5.31. The lowest BCUT2D eigenvalue weighted by atomic mass is 10.2. The van der Waals surface area contributed by atoms with Crippen molar-refractivity contribution < 1.29 is 9.53 Å². The molecule has 1 aliphatic rings. The van der Waals surface area contributed by atoms with Gasteiger partial charge < -0.3 is 15.4 Å². The molecule has 1 unspecified atom stereocenters. The van der Waals surface area contributed by atoms with Crippen molar-refractivity contribution in [2.45, 2.75) is 20.0 Å². The Balaban J connectivity index is 1.95. The van der Waals surface area contributed by atoms with Crippen LogP contribution in [0.15, 0.2) is 12.3 Å². The first-order chi connectivity index (χ1) is 10.1. The molecule has 0 bridgehead atoms. The quantitative estimate of drug-likeness (QED) is 0.850. The molecule has 0 saturated carbocycles. The van der Waals surface area contributed by atoms with Gasteiger partial charge in [-0.25, -0.2) is 9.50 Å². The van der Waals surface area contributed by atoms with E-state index >= 15 is 0 Å². The minimum atomic E-state index is -0.0963. The number of carbonyl (C=O) groups is 1. The zero-order valence-electron chi connectivity index (χ0n) is 12.2. The van der Waals surface area contributed by atoms with Crippen LogP contribution >= 0.6 is 0 Å². The van der Waals surface area contributed by atoms with Crippen LogP contribution in [-0.4, -0.2) is 57.8 Å². The Morgan fingerprint density at radius 3 is 3.10 bits per heavy atom. The van der Waals surface area contributed by atoms with Gasteiger partial charge in [0.1, 0.15) is 5.56 Å². The van der Waals surface area contributed by atoms with Crippen molar-refractivity contribution in [3.05, 3.63) is 29.2 Å². The van der Waals surface area contributed by atoms with E-state index in [1.807, 2.05) is 19.9 Å². The minimum Gasteiger partial charge on any atom is -0.373 e. The molecule has 1 fully saturated rings. The van der Waals surface area contributed by atoms with Gasteiger partial charge in [-0.1, -0.05) is 0 Å². The first-order valence-electron chi connectivity index (χ1n) is 7.03. The van der Waals surface area contributed by atoms with E-state index in [1.54, 1.807) is 15.6 Å². The van der Waals surface area contributed by atoms with Gasteiger partial charge in [0.25, 0.3) is 5.91 Å². The smallest absolute Gasteiger partial charge is 0.259 e. The number of rotatable bonds is 2. The molecular formula is C14H19N5O2. The molecule has 2 N–H and O–H groups in total. The van der Waals surface area contributed by atoms with Crippen molar-refractivity contribution in [1.29, 1.82) is 0 Å². The minimum absolute atomic E-state index is 0.0655. The van der Waals surface area contributed by atoms with Gasteiger partial charge >= 0.3 is 0 Å². The summed E-state index contributed by atoms with van der Waals surface area (Å²) in [5, 5.41) is 4.27. The number of hydrogen-bond donors (Lipinski definition) is 1. The number of amides is 1. The van der Waals surface area contributed by atoms with Crippen LogP contribution in [0.25, 0.3) is 5.65 Å². The number of aromatic nitrogens is 3. The molecule has 0 aromatic carbocycles. The van der Waals surface area contributed by atoms with E-state index in [1.165, 1.54) is 0 Å². The molecule has 1 amide bonds. The van der Waals surface area contributed by atoms with Crippen LogP contribution in [0.4, 0.5) is 0 Å². The number of hydrogen-bond acceptors (Lipinski definition) is 5. The highest BCUT2D eigenvalue weighted by atomic mass is 16.5. The fourth-order valence-corrected chi connectivity index (χ4v) is 2.64. The summed E-state index contributed by atoms with van der Waals surface area (Å²) >= 11 is 0. The highest BCUT2D eigenvalue weighted by Gasteiger charge is 2.26. The predicted octanol–water partition coefficient (Wildman–Crippen LogP) is 0.146. The van der Waals surface area contributed by atoms with E-state index < -0.39 is 0 Å². The Morgan fingerprint density at radius 2 is 2.33 bits per heavy atom. The van der Waals surface area contributed by atoms with Gasteiger partial charge in [0.15, 0.2) is 5.65 Å². The van der Waals surface area contributed by atoms with Gasteiger partial charge in [0, 0.05) is 31.0 Å². The Labute approximate surface area is 122 Å². The molecule has 7 heteroatoms. The topological polar surface area (TPSA) is 85.8 Å². The van der Waals surface area contributed by atoms with Gasteiger partial charge in [0.2, 0.25) is 0 Å². The second-order valence-electron chi connectivity index (χ2n) is 5.31. The summed E-state index contributed by atoms with van der Waals surface area (Å²) in [6.45, 7) is 5.86. The van der Waals surface area contributed by atoms with Crippen LogP contribution in [0.1, 0.15) is 21.7 Å². The molecule has 1 aliphatic heterocycles. The fraction of sp³-hybridized carbons (Fsp3) is 0.500. The van der Waals surface area contributed by atoms with Gasteiger partial charge in [-0.2, -0.15) is 5.10 Å². The summed E-state index contributed by atoms with van der Waals surface area (Å²) in [4.78, 5) is 18.9. The van der Waals surface area contributed by atoms with Crippen LogP contribution < -0.4 is 5.73 Å². The molecule has 3 rings (SSSR count). The Bertz CT molecular complexity index is 681.